The van der Waals surface area contributed by atoms with E-state index in [1.165, 1.54) is 0 Å². The number of aryl methyl sites for hydroxylation is 1. The summed E-state index contributed by atoms with van der Waals surface area (Å²) in [6, 6.07) is 0. The summed E-state index contributed by atoms with van der Waals surface area (Å²) in [5, 5.41) is 9.13. The summed E-state index contributed by atoms with van der Waals surface area (Å²) in [6.07, 6.45) is 11.8. The molecule has 0 radical (unpaired) electrons. The van der Waals surface area contributed by atoms with Crippen LogP contribution in [-0.4, -0.2) is 37.3 Å². The van der Waals surface area contributed by atoms with Crippen molar-refractivity contribution >= 4 is 17.0 Å². The van der Waals surface area contributed by atoms with Crippen LogP contribution in [0.15, 0.2) is 6.33 Å². The summed E-state index contributed by atoms with van der Waals surface area (Å²) in [7, 11) is 0. The number of nitrogens with zero attached hydrogens (tertiary/aromatic N) is 4. The lowest BCUT2D eigenvalue weighted by Crippen LogP contribution is -2.14. The van der Waals surface area contributed by atoms with Crippen molar-refractivity contribution in [2.24, 2.45) is 0 Å². The average molecular weight is 289 g/mol. The van der Waals surface area contributed by atoms with E-state index < -0.39 is 0 Å². The van der Waals surface area contributed by atoms with Gasteiger partial charge in [0.15, 0.2) is 11.5 Å². The normalized spacial score (nSPS) is 21.1. The summed E-state index contributed by atoms with van der Waals surface area (Å²) in [5.41, 5.74) is 7.20. The molecule has 0 saturated carbocycles. The minimum atomic E-state index is -0.138. The largest absolute Gasteiger partial charge is 0.394 e. The molecule has 0 bridgehead atoms. The molecule has 7 heteroatoms. The molecule has 2 aromatic heterocycles. The van der Waals surface area contributed by atoms with Gasteiger partial charge in [0.2, 0.25) is 0 Å². The van der Waals surface area contributed by atoms with E-state index in [9.17, 15) is 0 Å². The fourth-order valence-corrected chi connectivity index (χ4v) is 2.38. The van der Waals surface area contributed by atoms with Crippen molar-refractivity contribution in [3.05, 3.63) is 12.2 Å². The van der Waals surface area contributed by atoms with Crippen LogP contribution in [0.2, 0.25) is 0 Å². The molecular weight excluding hydrogens is 270 g/mol. The number of terminal acetylenes is 1. The Morgan fingerprint density at radius 1 is 1.43 bits per heavy atom. The molecule has 2 atom stereocenters. The van der Waals surface area contributed by atoms with E-state index in [2.05, 4.69) is 27.8 Å². The first-order valence-electron chi connectivity index (χ1n) is 6.81. The first-order valence-corrected chi connectivity index (χ1v) is 6.81. The highest BCUT2D eigenvalue weighted by molar-refractivity contribution is 5.81. The first-order chi connectivity index (χ1) is 10.2. The number of aliphatic hydroxyl groups excluding tert-OH is 1. The molecule has 21 heavy (non-hydrogen) atoms. The molecule has 0 aromatic carbocycles. The maximum Gasteiger partial charge on any atom is 0.167 e. The predicted molar refractivity (Wildman–Crippen MR) is 79.2 cm³/mol. The van der Waals surface area contributed by atoms with Crippen molar-refractivity contribution in [1.82, 2.24) is 19.5 Å². The second-order valence-electron chi connectivity index (χ2n) is 4.68. The number of anilines is 1. The topological polar surface area (TPSA) is 99.1 Å². The van der Waals surface area contributed by atoms with Crippen molar-refractivity contribution in [3.63, 3.8) is 0 Å². The lowest BCUT2D eigenvalue weighted by Gasteiger charge is -2.14. The van der Waals surface area contributed by atoms with Crippen LogP contribution in [0.1, 0.15) is 31.8 Å². The van der Waals surface area contributed by atoms with Crippen molar-refractivity contribution in [3.8, 4) is 12.8 Å². The molecule has 112 valence electrons. The van der Waals surface area contributed by atoms with Gasteiger partial charge in [-0.1, -0.05) is 6.92 Å². The van der Waals surface area contributed by atoms with Crippen LogP contribution in [-0.2, 0) is 11.2 Å². The van der Waals surface area contributed by atoms with Crippen molar-refractivity contribution in [2.75, 3.05) is 12.3 Å². The van der Waals surface area contributed by atoms with E-state index in [1.807, 2.05) is 11.5 Å². The van der Waals surface area contributed by atoms with E-state index in [1.54, 1.807) is 6.33 Å². The SMILES string of the molecule is C#C.CCc1nc(N)c2ncn(C3CC[C@@H](CO)O3)c2n1. The highest BCUT2D eigenvalue weighted by atomic mass is 16.5. The Balaban J connectivity index is 0.000000774. The molecule has 1 aliphatic heterocycles. The molecule has 1 aliphatic rings. The number of imidazole rings is 1. The molecule has 1 fully saturated rings. The molecule has 0 spiro atoms. The van der Waals surface area contributed by atoms with Crippen LogP contribution in [0.3, 0.4) is 0 Å². The number of hydrogen-bond acceptors (Lipinski definition) is 6. The van der Waals surface area contributed by atoms with Gasteiger partial charge in [-0.25, -0.2) is 15.0 Å². The minimum absolute atomic E-state index is 0.0421. The van der Waals surface area contributed by atoms with Crippen molar-refractivity contribution in [2.45, 2.75) is 38.5 Å². The van der Waals surface area contributed by atoms with Gasteiger partial charge in [0.25, 0.3) is 0 Å². The zero-order valence-corrected chi connectivity index (χ0v) is 11.9. The number of aliphatic hydroxyl groups is 1. The predicted octanol–water partition coefficient (Wildman–Crippen LogP) is 0.890. The van der Waals surface area contributed by atoms with E-state index in [0.29, 0.717) is 22.8 Å². The van der Waals surface area contributed by atoms with Gasteiger partial charge >= 0.3 is 0 Å². The third-order valence-electron chi connectivity index (χ3n) is 3.41. The number of aromatic nitrogens is 4. The van der Waals surface area contributed by atoms with Gasteiger partial charge in [0, 0.05) is 6.42 Å². The number of nitrogens with two attached hydrogens (primary N) is 1. The molecule has 3 N–H and O–H groups in total. The molecule has 3 rings (SSSR count). The Morgan fingerprint density at radius 2 is 2.19 bits per heavy atom. The summed E-state index contributed by atoms with van der Waals surface area (Å²) < 4.78 is 7.63. The molecule has 7 nitrogen and oxygen atoms in total. The van der Waals surface area contributed by atoms with Crippen LogP contribution in [0.5, 0.6) is 0 Å². The molecule has 0 aliphatic carbocycles. The number of hydrogen-bond donors (Lipinski definition) is 2. The molecule has 1 unspecified atom stereocenters. The first kappa shape index (κ1) is 15.2. The van der Waals surface area contributed by atoms with Gasteiger partial charge in [-0.15, -0.1) is 12.8 Å². The number of rotatable bonds is 3. The number of fused-ring (bicyclic) bond motifs is 1. The van der Waals surface area contributed by atoms with Gasteiger partial charge in [0.1, 0.15) is 17.6 Å². The van der Waals surface area contributed by atoms with Crippen LogP contribution in [0.4, 0.5) is 5.82 Å². The molecule has 3 heterocycles. The van der Waals surface area contributed by atoms with Gasteiger partial charge in [-0.2, -0.15) is 0 Å². The van der Waals surface area contributed by atoms with E-state index >= 15 is 0 Å². The Kier molecular flexibility index (Phi) is 4.73. The third kappa shape index (κ3) is 2.82. The molecular formula is C14H19N5O2. The Bertz CT molecular complexity index is 637. The lowest BCUT2D eigenvalue weighted by atomic mass is 10.2. The highest BCUT2D eigenvalue weighted by Crippen LogP contribution is 2.30. The zero-order chi connectivity index (χ0) is 15.4. The highest BCUT2D eigenvalue weighted by Gasteiger charge is 2.27. The molecule has 0 amide bonds. The lowest BCUT2D eigenvalue weighted by molar-refractivity contribution is -0.0207. The van der Waals surface area contributed by atoms with Gasteiger partial charge < -0.3 is 15.6 Å². The Labute approximate surface area is 123 Å². The van der Waals surface area contributed by atoms with Crippen molar-refractivity contribution in [1.29, 1.82) is 0 Å². The maximum atomic E-state index is 9.13. The van der Waals surface area contributed by atoms with Gasteiger partial charge in [0.05, 0.1) is 19.0 Å². The number of ether oxygens (including phenoxy) is 1. The number of nitrogen functional groups attached to an aromatic ring is 1. The average Bonchev–Trinajstić information content (AvgIpc) is 3.15. The maximum absolute atomic E-state index is 9.13. The quantitative estimate of drug-likeness (QED) is 0.814. The zero-order valence-electron chi connectivity index (χ0n) is 11.9. The minimum Gasteiger partial charge on any atom is -0.394 e. The summed E-state index contributed by atoms with van der Waals surface area (Å²) in [6.45, 7) is 2.02. The Hall–Kier alpha value is -2.17. The van der Waals surface area contributed by atoms with E-state index in [0.717, 1.165) is 19.3 Å². The fraction of sp³-hybridized carbons (Fsp3) is 0.500. The summed E-state index contributed by atoms with van der Waals surface area (Å²) in [5.74, 6) is 1.10. The van der Waals surface area contributed by atoms with Crippen LogP contribution in [0, 0.1) is 12.8 Å². The van der Waals surface area contributed by atoms with Crippen LogP contribution in [0.25, 0.3) is 11.2 Å². The van der Waals surface area contributed by atoms with E-state index in [-0.39, 0.29) is 18.9 Å². The van der Waals surface area contributed by atoms with E-state index in [4.69, 9.17) is 15.6 Å². The van der Waals surface area contributed by atoms with Crippen molar-refractivity contribution < 1.29 is 9.84 Å². The van der Waals surface area contributed by atoms with Crippen LogP contribution < -0.4 is 5.73 Å². The molecule has 1 saturated heterocycles. The second kappa shape index (κ2) is 6.52. The molecule has 2 aromatic rings. The summed E-state index contributed by atoms with van der Waals surface area (Å²) in [4.78, 5) is 12.9. The fourth-order valence-electron chi connectivity index (χ4n) is 2.38. The monoisotopic (exact) mass is 289 g/mol. The van der Waals surface area contributed by atoms with Gasteiger partial charge in [-0.3, -0.25) is 4.57 Å². The smallest absolute Gasteiger partial charge is 0.167 e. The summed E-state index contributed by atoms with van der Waals surface area (Å²) >= 11 is 0. The van der Waals surface area contributed by atoms with Crippen LogP contribution >= 0.6 is 0 Å². The Morgan fingerprint density at radius 3 is 2.81 bits per heavy atom. The third-order valence-corrected chi connectivity index (χ3v) is 3.41. The standard InChI is InChI=1S/C12H17N5O2.C2H2/c1-2-8-15-11(13)10-12(16-8)17(6-14-10)9-4-3-7(5-18)19-9;1-2/h6-7,9,18H,2-5H2,1H3,(H2,13,15,16);1-2H/t7-,9?;/m0./s1. The second-order valence-corrected chi connectivity index (χ2v) is 4.68. The van der Waals surface area contributed by atoms with Gasteiger partial charge in [-0.05, 0) is 12.8 Å².